The SMILES string of the molecule is CCc1cn[nH]c1NC(=O)c1csc(C(C)N)n1. The van der Waals surface area contributed by atoms with Crippen molar-refractivity contribution in [2.45, 2.75) is 26.3 Å². The molecule has 0 spiro atoms. The molecule has 4 N–H and O–H groups in total. The van der Waals surface area contributed by atoms with E-state index in [1.165, 1.54) is 11.3 Å². The fourth-order valence-electron chi connectivity index (χ4n) is 1.47. The number of nitrogens with two attached hydrogens (primary N) is 1. The molecule has 1 amide bonds. The Balaban J connectivity index is 2.12. The number of hydrogen-bond acceptors (Lipinski definition) is 5. The summed E-state index contributed by atoms with van der Waals surface area (Å²) in [5.74, 6) is 0.370. The Morgan fingerprint density at radius 3 is 3.06 bits per heavy atom. The smallest absolute Gasteiger partial charge is 0.276 e. The van der Waals surface area contributed by atoms with Crippen molar-refractivity contribution in [2.75, 3.05) is 5.32 Å². The number of thiazole rings is 1. The average molecular weight is 265 g/mol. The molecule has 0 aromatic carbocycles. The first-order valence-corrected chi connectivity index (χ1v) is 6.54. The van der Waals surface area contributed by atoms with E-state index in [2.05, 4.69) is 20.5 Å². The van der Waals surface area contributed by atoms with E-state index in [0.717, 1.165) is 17.0 Å². The van der Waals surface area contributed by atoms with E-state index in [9.17, 15) is 4.79 Å². The van der Waals surface area contributed by atoms with Gasteiger partial charge in [0.25, 0.3) is 5.91 Å². The first kappa shape index (κ1) is 12.7. The number of amides is 1. The summed E-state index contributed by atoms with van der Waals surface area (Å²) in [5.41, 5.74) is 7.05. The minimum Gasteiger partial charge on any atom is -0.322 e. The molecule has 96 valence electrons. The van der Waals surface area contributed by atoms with Gasteiger partial charge in [0.05, 0.1) is 12.2 Å². The first-order valence-electron chi connectivity index (χ1n) is 5.66. The number of nitrogens with one attached hydrogen (secondary N) is 2. The van der Waals surface area contributed by atoms with Crippen LogP contribution in [-0.4, -0.2) is 21.1 Å². The summed E-state index contributed by atoms with van der Waals surface area (Å²) < 4.78 is 0. The fourth-order valence-corrected chi connectivity index (χ4v) is 2.22. The van der Waals surface area contributed by atoms with E-state index in [1.807, 2.05) is 13.8 Å². The topological polar surface area (TPSA) is 96.7 Å². The monoisotopic (exact) mass is 265 g/mol. The van der Waals surface area contributed by atoms with Crippen molar-refractivity contribution >= 4 is 23.1 Å². The summed E-state index contributed by atoms with van der Waals surface area (Å²) in [6.45, 7) is 3.84. The van der Waals surface area contributed by atoms with E-state index >= 15 is 0 Å². The number of H-pyrrole nitrogens is 1. The van der Waals surface area contributed by atoms with Gasteiger partial charge in [-0.1, -0.05) is 6.92 Å². The van der Waals surface area contributed by atoms with E-state index < -0.39 is 0 Å². The minimum absolute atomic E-state index is 0.157. The quantitative estimate of drug-likeness (QED) is 0.783. The van der Waals surface area contributed by atoms with E-state index in [1.54, 1.807) is 11.6 Å². The lowest BCUT2D eigenvalue weighted by Gasteiger charge is -2.02. The summed E-state index contributed by atoms with van der Waals surface area (Å²) >= 11 is 1.39. The molecule has 0 aliphatic rings. The van der Waals surface area contributed by atoms with Crippen molar-refractivity contribution in [1.82, 2.24) is 15.2 Å². The van der Waals surface area contributed by atoms with Crippen LogP contribution in [0.15, 0.2) is 11.6 Å². The Labute approximate surface area is 109 Å². The Morgan fingerprint density at radius 1 is 1.67 bits per heavy atom. The Kier molecular flexibility index (Phi) is 3.73. The lowest BCUT2D eigenvalue weighted by molar-refractivity contribution is 0.102. The highest BCUT2D eigenvalue weighted by atomic mass is 32.1. The van der Waals surface area contributed by atoms with Crippen molar-refractivity contribution in [3.05, 3.63) is 27.8 Å². The lowest BCUT2D eigenvalue weighted by atomic mass is 10.2. The van der Waals surface area contributed by atoms with Gasteiger partial charge in [0.2, 0.25) is 0 Å². The Morgan fingerprint density at radius 2 is 2.44 bits per heavy atom. The van der Waals surface area contributed by atoms with E-state index in [0.29, 0.717) is 11.5 Å². The number of aromatic amines is 1. The molecule has 0 aliphatic carbocycles. The highest BCUT2D eigenvalue weighted by Gasteiger charge is 2.14. The van der Waals surface area contributed by atoms with Gasteiger partial charge >= 0.3 is 0 Å². The van der Waals surface area contributed by atoms with Gasteiger partial charge in [-0.25, -0.2) is 4.98 Å². The molecule has 6 nitrogen and oxygen atoms in total. The van der Waals surface area contributed by atoms with Crippen molar-refractivity contribution in [3.8, 4) is 0 Å². The van der Waals surface area contributed by atoms with Gasteiger partial charge in [0.1, 0.15) is 16.5 Å². The van der Waals surface area contributed by atoms with Crippen LogP contribution in [0, 0.1) is 0 Å². The zero-order chi connectivity index (χ0) is 13.1. The molecule has 2 aromatic rings. The maximum atomic E-state index is 12.0. The van der Waals surface area contributed by atoms with Gasteiger partial charge in [-0.3, -0.25) is 9.89 Å². The van der Waals surface area contributed by atoms with Crippen LogP contribution in [0.5, 0.6) is 0 Å². The normalized spacial score (nSPS) is 12.4. The predicted molar refractivity (Wildman–Crippen MR) is 70.6 cm³/mol. The van der Waals surface area contributed by atoms with Gasteiger partial charge in [-0.15, -0.1) is 11.3 Å². The van der Waals surface area contributed by atoms with Crippen LogP contribution in [0.25, 0.3) is 0 Å². The van der Waals surface area contributed by atoms with E-state index in [-0.39, 0.29) is 11.9 Å². The highest BCUT2D eigenvalue weighted by Crippen LogP contribution is 2.17. The molecule has 18 heavy (non-hydrogen) atoms. The van der Waals surface area contributed by atoms with Gasteiger partial charge in [-0.2, -0.15) is 5.10 Å². The molecule has 2 heterocycles. The standard InChI is InChI=1S/C11H15N5OS/c1-3-7-4-13-16-9(7)15-10(17)8-5-18-11(14-8)6(2)12/h4-6H,3,12H2,1-2H3,(H2,13,15,16,17). The molecule has 2 rings (SSSR count). The molecule has 2 aromatic heterocycles. The zero-order valence-corrected chi connectivity index (χ0v) is 11.0. The second-order valence-corrected chi connectivity index (χ2v) is 4.83. The van der Waals surface area contributed by atoms with Crippen LogP contribution in [0.2, 0.25) is 0 Å². The van der Waals surface area contributed by atoms with Crippen molar-refractivity contribution in [2.24, 2.45) is 5.73 Å². The third-order valence-electron chi connectivity index (χ3n) is 2.48. The van der Waals surface area contributed by atoms with Gasteiger partial charge in [-0.05, 0) is 13.3 Å². The van der Waals surface area contributed by atoms with Crippen molar-refractivity contribution in [3.63, 3.8) is 0 Å². The predicted octanol–water partition coefficient (Wildman–Crippen LogP) is 1.70. The van der Waals surface area contributed by atoms with Crippen LogP contribution in [0.1, 0.15) is 40.9 Å². The molecule has 0 bridgehead atoms. The van der Waals surface area contributed by atoms with Crippen LogP contribution in [0.4, 0.5) is 5.82 Å². The molecule has 1 unspecified atom stereocenters. The molecule has 7 heteroatoms. The minimum atomic E-state index is -0.253. The molecular weight excluding hydrogens is 250 g/mol. The molecule has 0 saturated heterocycles. The number of aromatic nitrogens is 3. The van der Waals surface area contributed by atoms with Gasteiger partial charge in [0.15, 0.2) is 0 Å². The zero-order valence-electron chi connectivity index (χ0n) is 10.2. The molecule has 0 fully saturated rings. The average Bonchev–Trinajstić information content (AvgIpc) is 2.96. The molecule has 0 saturated carbocycles. The maximum Gasteiger partial charge on any atom is 0.276 e. The maximum absolute atomic E-state index is 12.0. The fraction of sp³-hybridized carbons (Fsp3) is 0.364. The molecule has 0 aliphatic heterocycles. The number of rotatable bonds is 4. The summed E-state index contributed by atoms with van der Waals surface area (Å²) in [5, 5.41) is 11.9. The molecule has 1 atom stereocenters. The summed E-state index contributed by atoms with van der Waals surface area (Å²) in [4.78, 5) is 16.2. The third-order valence-corrected chi connectivity index (χ3v) is 3.53. The van der Waals surface area contributed by atoms with E-state index in [4.69, 9.17) is 5.73 Å². The Bertz CT molecular complexity index is 545. The number of carbonyl (C=O) groups is 1. The van der Waals surface area contributed by atoms with Crippen LogP contribution >= 0.6 is 11.3 Å². The second kappa shape index (κ2) is 5.28. The van der Waals surface area contributed by atoms with Gasteiger partial charge < -0.3 is 11.1 Å². The van der Waals surface area contributed by atoms with Crippen LogP contribution < -0.4 is 11.1 Å². The number of aryl methyl sites for hydroxylation is 1. The number of carbonyl (C=O) groups excluding carboxylic acids is 1. The van der Waals surface area contributed by atoms with Crippen LogP contribution in [0.3, 0.4) is 0 Å². The Hall–Kier alpha value is -1.73. The van der Waals surface area contributed by atoms with Crippen LogP contribution in [-0.2, 0) is 6.42 Å². The number of hydrogen-bond donors (Lipinski definition) is 3. The summed E-state index contributed by atoms with van der Waals surface area (Å²) in [6.07, 6.45) is 2.50. The lowest BCUT2D eigenvalue weighted by Crippen LogP contribution is -2.14. The first-order chi connectivity index (χ1) is 8.61. The summed E-state index contributed by atoms with van der Waals surface area (Å²) in [6, 6.07) is -0.157. The largest absolute Gasteiger partial charge is 0.322 e. The van der Waals surface area contributed by atoms with Crippen molar-refractivity contribution < 1.29 is 4.79 Å². The number of nitrogens with zero attached hydrogens (tertiary/aromatic N) is 2. The van der Waals surface area contributed by atoms with Gasteiger partial charge in [0, 0.05) is 10.9 Å². The summed E-state index contributed by atoms with van der Waals surface area (Å²) in [7, 11) is 0. The third kappa shape index (κ3) is 2.57. The molecule has 0 radical (unpaired) electrons. The highest BCUT2D eigenvalue weighted by molar-refractivity contribution is 7.09. The van der Waals surface area contributed by atoms with Crippen molar-refractivity contribution in [1.29, 1.82) is 0 Å². The number of anilines is 1. The molecular formula is C11H15N5OS. The second-order valence-electron chi connectivity index (χ2n) is 3.94.